The summed E-state index contributed by atoms with van der Waals surface area (Å²) in [6.07, 6.45) is -11.0. The Labute approximate surface area is 239 Å². The first-order valence-corrected chi connectivity index (χ1v) is 19.0. The fraction of sp³-hybridized carbons (Fsp3) is 0.286. The molecule has 2 aliphatic rings. The van der Waals surface area contributed by atoms with E-state index in [0.717, 1.165) is 0 Å². The molecule has 6 nitrogen and oxygen atoms in total. The molecule has 14 heteroatoms. The molecule has 0 N–H and O–H groups in total. The van der Waals surface area contributed by atoms with Gasteiger partial charge in [-0.3, -0.25) is 0 Å². The Morgan fingerprint density at radius 1 is 0.500 bits per heavy atom. The van der Waals surface area contributed by atoms with Crippen LogP contribution in [0.1, 0.15) is 33.4 Å². The largest absolute Gasteiger partial charge is 0.417 e. The molecular formula is C28H18F6N6Si2. The van der Waals surface area contributed by atoms with E-state index in [-0.39, 0.29) is 10.4 Å². The molecule has 0 aromatic heterocycles. The molecule has 42 heavy (non-hydrogen) atoms. The van der Waals surface area contributed by atoms with Gasteiger partial charge in [-0.05, 0) is 10.4 Å². The Kier molecular flexibility index (Phi) is 7.46. The minimum absolute atomic E-state index is 0.253. The van der Waals surface area contributed by atoms with E-state index in [0.29, 0.717) is 0 Å². The third kappa shape index (κ3) is 4.52. The maximum absolute atomic E-state index is 15.3. The van der Waals surface area contributed by atoms with Gasteiger partial charge in [0.05, 0.1) is 50.6 Å². The lowest BCUT2D eigenvalue weighted by Gasteiger charge is -2.26. The minimum Gasteiger partial charge on any atom is -0.192 e. The second kappa shape index (κ2) is 9.90. The van der Waals surface area contributed by atoms with Crippen LogP contribution in [0.3, 0.4) is 0 Å². The number of hydrogen-bond donors (Lipinski definition) is 0. The lowest BCUT2D eigenvalue weighted by atomic mass is 9.82. The molecule has 2 aliphatic carbocycles. The van der Waals surface area contributed by atoms with E-state index in [2.05, 4.69) is 0 Å². The van der Waals surface area contributed by atoms with Gasteiger partial charge < -0.3 is 0 Å². The van der Waals surface area contributed by atoms with Gasteiger partial charge in [0.2, 0.25) is 0 Å². The number of fused-ring (bicyclic) bond motifs is 2. The lowest BCUT2D eigenvalue weighted by molar-refractivity contribution is -0.141. The molecule has 0 bridgehead atoms. The molecule has 0 unspecified atom stereocenters. The highest BCUT2D eigenvalue weighted by molar-refractivity contribution is 6.88. The van der Waals surface area contributed by atoms with Gasteiger partial charge in [-0.2, -0.15) is 57.9 Å². The van der Waals surface area contributed by atoms with Gasteiger partial charge in [0, 0.05) is 33.4 Å². The van der Waals surface area contributed by atoms with Crippen LogP contribution in [-0.4, -0.2) is 16.1 Å². The predicted octanol–water partition coefficient (Wildman–Crippen LogP) is 7.66. The zero-order valence-electron chi connectivity index (χ0n) is 23.0. The smallest absolute Gasteiger partial charge is 0.192 e. The van der Waals surface area contributed by atoms with Gasteiger partial charge in [-0.1, -0.05) is 39.3 Å². The SMILES string of the molecule is C[Si](C)(C)C1=C(C#N)c2c(c(C(F)(F)F)c3c(c2C(F)(F)F)C(C#N)=C([Si](C)(C)C)C3=C(C#N)C#N)C1=C(C#N)C#N. The van der Waals surface area contributed by atoms with Crippen LogP contribution in [0.15, 0.2) is 21.5 Å². The number of allylic oxidation sites excluding steroid dienone is 8. The van der Waals surface area contributed by atoms with E-state index in [1.165, 1.54) is 63.6 Å². The molecule has 0 saturated heterocycles. The van der Waals surface area contributed by atoms with E-state index in [9.17, 15) is 31.6 Å². The molecule has 0 spiro atoms. The highest BCUT2D eigenvalue weighted by Crippen LogP contribution is 2.61. The fourth-order valence-electron chi connectivity index (χ4n) is 5.56. The number of hydrogen-bond acceptors (Lipinski definition) is 6. The molecule has 0 atom stereocenters. The van der Waals surface area contributed by atoms with Crippen molar-refractivity contribution in [2.45, 2.75) is 51.6 Å². The monoisotopic (exact) mass is 608 g/mol. The quantitative estimate of drug-likeness (QED) is 0.192. The van der Waals surface area contributed by atoms with Crippen molar-refractivity contribution in [3.05, 3.63) is 54.9 Å². The second-order valence-corrected chi connectivity index (χ2v) is 21.4. The lowest BCUT2D eigenvalue weighted by Crippen LogP contribution is -2.26. The molecule has 0 radical (unpaired) electrons. The number of alkyl halides is 6. The summed E-state index contributed by atoms with van der Waals surface area (Å²) in [5.74, 6) is 0. The molecule has 1 aromatic rings. The number of benzene rings is 1. The molecule has 0 saturated carbocycles. The molecule has 210 valence electrons. The van der Waals surface area contributed by atoms with Crippen molar-refractivity contribution in [2.75, 3.05) is 0 Å². The van der Waals surface area contributed by atoms with Crippen LogP contribution in [0.5, 0.6) is 0 Å². The predicted molar refractivity (Wildman–Crippen MR) is 144 cm³/mol. The van der Waals surface area contributed by atoms with Crippen LogP contribution >= 0.6 is 0 Å². The second-order valence-electron chi connectivity index (χ2n) is 11.4. The summed E-state index contributed by atoms with van der Waals surface area (Å²) in [5, 5.41) is 58.8. The third-order valence-electron chi connectivity index (χ3n) is 6.74. The van der Waals surface area contributed by atoms with Crippen molar-refractivity contribution >= 4 is 38.4 Å². The van der Waals surface area contributed by atoms with Crippen molar-refractivity contribution < 1.29 is 26.3 Å². The first-order chi connectivity index (χ1) is 19.2. The molecule has 3 rings (SSSR count). The molecule has 0 aliphatic heterocycles. The number of halogens is 6. The van der Waals surface area contributed by atoms with Crippen molar-refractivity contribution in [1.29, 1.82) is 31.6 Å². The zero-order chi connectivity index (χ0) is 32.3. The van der Waals surface area contributed by atoms with Gasteiger partial charge in [-0.15, -0.1) is 0 Å². The third-order valence-corrected chi connectivity index (χ3v) is 10.7. The van der Waals surface area contributed by atoms with Gasteiger partial charge in [0.1, 0.15) is 35.4 Å². The first kappa shape index (κ1) is 31.7. The van der Waals surface area contributed by atoms with E-state index >= 15 is 26.3 Å². The fourth-order valence-corrected chi connectivity index (χ4v) is 9.43. The number of rotatable bonds is 2. The Balaban J connectivity index is 3.08. The van der Waals surface area contributed by atoms with E-state index in [4.69, 9.17) is 0 Å². The van der Waals surface area contributed by atoms with Crippen molar-refractivity contribution in [3.63, 3.8) is 0 Å². The van der Waals surface area contributed by atoms with Crippen molar-refractivity contribution in [1.82, 2.24) is 0 Å². The summed E-state index contributed by atoms with van der Waals surface area (Å²) < 4.78 is 91.3. The average Bonchev–Trinajstić information content (AvgIpc) is 3.36. The molecular weight excluding hydrogens is 591 g/mol. The van der Waals surface area contributed by atoms with Crippen LogP contribution < -0.4 is 0 Å². The summed E-state index contributed by atoms with van der Waals surface area (Å²) >= 11 is 0. The van der Waals surface area contributed by atoms with E-state index in [1.54, 1.807) is 12.1 Å². The minimum atomic E-state index is -5.49. The van der Waals surface area contributed by atoms with Crippen molar-refractivity contribution in [3.8, 4) is 36.4 Å². The van der Waals surface area contributed by atoms with Crippen molar-refractivity contribution in [2.24, 2.45) is 0 Å². The first-order valence-electron chi connectivity index (χ1n) is 12.0. The van der Waals surface area contributed by atoms with Crippen LogP contribution in [0.2, 0.25) is 39.3 Å². The Hall–Kier alpha value is -4.87. The molecule has 0 amide bonds. The van der Waals surface area contributed by atoms with Gasteiger partial charge in [0.15, 0.2) is 0 Å². The van der Waals surface area contributed by atoms with Crippen LogP contribution in [-0.2, 0) is 12.4 Å². The summed E-state index contributed by atoms with van der Waals surface area (Å²) in [6, 6.07) is 9.10. The van der Waals surface area contributed by atoms with Gasteiger partial charge in [0.25, 0.3) is 0 Å². The number of nitriles is 6. The van der Waals surface area contributed by atoms with E-state index < -0.39 is 95.3 Å². The highest BCUT2D eigenvalue weighted by atomic mass is 28.3. The Morgan fingerprint density at radius 3 is 0.952 bits per heavy atom. The summed E-state index contributed by atoms with van der Waals surface area (Å²) in [7, 11) is -6.20. The van der Waals surface area contributed by atoms with E-state index in [1.807, 2.05) is 0 Å². The maximum atomic E-state index is 15.3. The topological polar surface area (TPSA) is 143 Å². The Bertz CT molecular complexity index is 1710. The average molecular weight is 609 g/mol. The summed E-state index contributed by atoms with van der Waals surface area (Å²) in [4.78, 5) is 0. The van der Waals surface area contributed by atoms with Crippen LogP contribution in [0.25, 0.3) is 22.3 Å². The summed E-state index contributed by atoms with van der Waals surface area (Å²) in [6.45, 7) is 9.20. The summed E-state index contributed by atoms with van der Waals surface area (Å²) in [5.41, 5.74) is -13.1. The molecule has 0 fully saturated rings. The van der Waals surface area contributed by atoms with Gasteiger partial charge in [-0.25, -0.2) is 0 Å². The Morgan fingerprint density at radius 2 is 0.762 bits per heavy atom. The van der Waals surface area contributed by atoms with Crippen LogP contribution in [0, 0.1) is 68.0 Å². The number of nitrogens with zero attached hydrogens (tertiary/aromatic N) is 6. The maximum Gasteiger partial charge on any atom is 0.417 e. The normalized spacial score (nSPS) is 14.7. The highest BCUT2D eigenvalue weighted by Gasteiger charge is 2.55. The van der Waals surface area contributed by atoms with Crippen LogP contribution in [0.4, 0.5) is 26.3 Å². The standard InChI is InChI=1S/C28H18F6N6Si2/c1-41(2,3)25-15(11-39)19-21(17(25)13(7-35)8-36)24(28(32,33)34)22-18(14(9-37)10-38)26(42(4,5)6)16(12-40)20(22)23(19)27(29,30)31/h1-6H3. The van der Waals surface area contributed by atoms with Gasteiger partial charge >= 0.3 is 12.4 Å². The molecule has 1 aromatic carbocycles. The zero-order valence-corrected chi connectivity index (χ0v) is 25.0. The molecule has 0 heterocycles.